The summed E-state index contributed by atoms with van der Waals surface area (Å²) in [6.07, 6.45) is 18.2. The summed E-state index contributed by atoms with van der Waals surface area (Å²) in [6, 6.07) is 91.1. The van der Waals surface area contributed by atoms with Crippen LogP contribution in [-0.2, 0) is 17.6 Å². The Hall–Kier alpha value is -15.2. The van der Waals surface area contributed by atoms with Crippen molar-refractivity contribution in [3.05, 3.63) is 385 Å². The molecule has 16 aromatic rings. The number of hydrogen-bond donors (Lipinski definition) is 7. The number of aromatic amines is 4. The third kappa shape index (κ3) is 19.0. The molecule has 3 fully saturated rings. The molecule has 0 radical (unpaired) electrons. The highest BCUT2D eigenvalue weighted by Gasteiger charge is 2.26. The number of hydrogen-bond acceptors (Lipinski definition) is 11. The van der Waals surface area contributed by atoms with Gasteiger partial charge in [-0.25, -0.2) is 0 Å². The maximum Gasteiger partial charge on any atom is 0.255 e. The van der Waals surface area contributed by atoms with Gasteiger partial charge in [0, 0.05) is 171 Å². The van der Waals surface area contributed by atoms with Crippen LogP contribution in [0.15, 0.2) is 329 Å². The Morgan fingerprint density at radius 3 is 0.888 bits per heavy atom. The number of amides is 4. The highest BCUT2D eigenvalue weighted by atomic mass is 16.2. The number of aryl methyl sites for hydroxylation is 1. The van der Waals surface area contributed by atoms with Crippen LogP contribution in [0.5, 0.6) is 0 Å². The van der Waals surface area contributed by atoms with Gasteiger partial charge in [-0.3, -0.25) is 38.4 Å². The number of carbonyl (C=O) groups is 4. The van der Waals surface area contributed by atoms with E-state index >= 15 is 0 Å². The summed E-state index contributed by atoms with van der Waals surface area (Å²) in [5, 5.41) is 15.2. The zero-order valence-corrected chi connectivity index (χ0v) is 69.5. The summed E-state index contributed by atoms with van der Waals surface area (Å²) < 4.78 is 0. The number of carbonyl (C=O) groups excluding carboxylic acids is 4. The van der Waals surface area contributed by atoms with E-state index < -0.39 is 0 Å². The van der Waals surface area contributed by atoms with Crippen molar-refractivity contribution in [2.45, 2.75) is 71.1 Å². The number of H-pyrrole nitrogens is 4. The molecule has 12 aromatic carbocycles. The normalized spacial score (nSPS) is 13.5. The topological polar surface area (TPSA) is 249 Å². The van der Waals surface area contributed by atoms with Crippen LogP contribution in [0.1, 0.15) is 99.1 Å². The monoisotopic (exact) mass is 1650 g/mol. The first kappa shape index (κ1) is 82.1. The van der Waals surface area contributed by atoms with E-state index in [2.05, 4.69) is 75.7 Å². The predicted octanol–water partition coefficient (Wildman–Crippen LogP) is 20.6. The van der Waals surface area contributed by atoms with Gasteiger partial charge in [0.25, 0.3) is 40.0 Å². The summed E-state index contributed by atoms with van der Waals surface area (Å²) in [7, 11) is 0. The Morgan fingerprint density at radius 1 is 0.304 bits per heavy atom. The van der Waals surface area contributed by atoms with Gasteiger partial charge in [-0.05, 0) is 265 Å². The second kappa shape index (κ2) is 37.8. The van der Waals surface area contributed by atoms with Crippen molar-refractivity contribution in [1.29, 1.82) is 0 Å². The minimum absolute atomic E-state index is 0.0855. The fraction of sp³-hybridized carbons (Fsp3) is 0.170. The van der Waals surface area contributed by atoms with Crippen LogP contribution < -0.4 is 57.8 Å². The number of aromatic nitrogens is 4. The third-order valence-electron chi connectivity index (χ3n) is 24.0. The Morgan fingerprint density at radius 2 is 0.584 bits per heavy atom. The molecule has 4 amide bonds. The van der Waals surface area contributed by atoms with Crippen molar-refractivity contribution >= 4 is 107 Å². The SMILES string of the molecule is Cc1ccc2c(c1)N(C(=O)Cc1ccc(-c3c[nH]c(=O)c4ccccc34)cc1)CC2.O=C(Nc1ccc(-c2c[nH]c(=O)c3ccccc23)cc1)c1ccc(N2CCCC2)cc1.O=C(Nc1ccc(-c2c[nH]c(=O)c3ccccc23)cc1)c1ccc(N2CCCCC2)cc1.O=C(Nc1ccc(-c2c[nH]c(=O)c3ccccc23)cc1)c1ccc(N2CCCCC2)cc1. The van der Waals surface area contributed by atoms with Gasteiger partial charge >= 0.3 is 0 Å². The second-order valence-electron chi connectivity index (χ2n) is 32.1. The molecule has 3 saturated heterocycles. The Labute approximate surface area is 723 Å². The third-order valence-corrected chi connectivity index (χ3v) is 24.0. The first-order chi connectivity index (χ1) is 61.2. The van der Waals surface area contributed by atoms with Gasteiger partial charge in [-0.2, -0.15) is 0 Å². The van der Waals surface area contributed by atoms with Crippen LogP contribution in [0.25, 0.3) is 87.6 Å². The number of rotatable bonds is 15. The number of piperidine rings is 2. The molecular weight excluding hydrogens is 1560 g/mol. The molecule has 622 valence electrons. The molecule has 8 heterocycles. The van der Waals surface area contributed by atoms with Crippen molar-refractivity contribution in [3.63, 3.8) is 0 Å². The Bertz CT molecular complexity index is 6660. The molecule has 4 aliphatic heterocycles. The number of anilines is 7. The zero-order chi connectivity index (χ0) is 85.7. The summed E-state index contributed by atoms with van der Waals surface area (Å²) in [5.74, 6) is -0.258. The molecule has 0 aliphatic carbocycles. The maximum absolute atomic E-state index is 12.9. The van der Waals surface area contributed by atoms with Crippen LogP contribution in [0.4, 0.5) is 39.8 Å². The lowest BCUT2D eigenvalue weighted by molar-refractivity contribution is -0.117. The minimum atomic E-state index is -0.129. The maximum atomic E-state index is 12.9. The van der Waals surface area contributed by atoms with E-state index in [1.807, 2.05) is 272 Å². The molecule has 0 atom stereocenters. The molecule has 4 aromatic heterocycles. The van der Waals surface area contributed by atoms with Crippen molar-refractivity contribution in [1.82, 2.24) is 19.9 Å². The molecule has 4 aliphatic rings. The van der Waals surface area contributed by atoms with Crippen LogP contribution in [0.3, 0.4) is 0 Å². The minimum Gasteiger partial charge on any atom is -0.372 e. The highest BCUT2D eigenvalue weighted by Crippen LogP contribution is 2.35. The molecule has 19 nitrogen and oxygen atoms in total. The first-order valence-corrected chi connectivity index (χ1v) is 42.9. The standard InChI is InChI=1S/2C27H25N3O2.C26H23N3O2.C26H22N2O2/c2*31-26(20-10-14-22(15-11-20)30-16-4-1-5-17-30)29-21-12-8-19(9-13-21)25-18-28-27(32)24-7-3-2-6-23(24)25;30-25(19-9-13-21(14-10-19)29-15-3-4-16-29)28-20-11-7-18(8-12-20)24-17-27-26(31)23-6-2-1-5-22(23)24;1-17-6-9-20-12-13-28(24(20)14-17)25(29)15-18-7-10-19(11-8-18)23-16-27-26(30)22-5-3-2-4-21(22)23/h2*2-3,6-15,18H,1,4-5,16-17H2,(H,28,32)(H,29,31);1-2,5-14,17H,3-4,15-16H2,(H,27,31)(H,28,30);2-11,14,16H,12-13,15H2,1H3,(H,27,30). The van der Waals surface area contributed by atoms with Crippen molar-refractivity contribution in [3.8, 4) is 44.5 Å². The number of pyridine rings is 4. The summed E-state index contributed by atoms with van der Waals surface area (Å²) >= 11 is 0. The average molecular weight is 1650 g/mol. The van der Waals surface area contributed by atoms with E-state index in [4.69, 9.17) is 0 Å². The highest BCUT2D eigenvalue weighted by molar-refractivity contribution is 6.07. The number of fused-ring (bicyclic) bond motifs is 5. The van der Waals surface area contributed by atoms with Gasteiger partial charge in [-0.1, -0.05) is 146 Å². The Balaban J connectivity index is 0.000000118. The van der Waals surface area contributed by atoms with Gasteiger partial charge in [0.05, 0.1) is 6.42 Å². The molecule has 20 rings (SSSR count). The van der Waals surface area contributed by atoms with Crippen LogP contribution in [0, 0.1) is 6.92 Å². The lowest BCUT2D eigenvalue weighted by atomic mass is 9.99. The van der Waals surface area contributed by atoms with Crippen LogP contribution in [-0.4, -0.2) is 89.4 Å². The zero-order valence-electron chi connectivity index (χ0n) is 69.5. The number of nitrogens with one attached hydrogen (secondary N) is 7. The predicted molar refractivity (Wildman–Crippen MR) is 508 cm³/mol. The van der Waals surface area contributed by atoms with Gasteiger partial charge in [-0.15, -0.1) is 0 Å². The fourth-order valence-corrected chi connectivity index (χ4v) is 17.2. The number of benzene rings is 12. The first-order valence-electron chi connectivity index (χ1n) is 42.9. The molecule has 0 unspecified atom stereocenters. The van der Waals surface area contributed by atoms with Crippen LogP contribution >= 0.6 is 0 Å². The van der Waals surface area contributed by atoms with E-state index in [1.54, 1.807) is 24.8 Å². The lowest BCUT2D eigenvalue weighted by Gasteiger charge is -2.28. The van der Waals surface area contributed by atoms with E-state index in [1.165, 1.54) is 79.6 Å². The molecule has 0 bridgehead atoms. The van der Waals surface area contributed by atoms with Gasteiger partial charge in [0.1, 0.15) is 0 Å². The lowest BCUT2D eigenvalue weighted by Crippen LogP contribution is -2.30. The largest absolute Gasteiger partial charge is 0.372 e. The molecule has 0 saturated carbocycles. The van der Waals surface area contributed by atoms with Gasteiger partial charge < -0.3 is 55.5 Å². The molecule has 125 heavy (non-hydrogen) atoms. The van der Waals surface area contributed by atoms with Crippen molar-refractivity contribution in [2.24, 2.45) is 0 Å². The van der Waals surface area contributed by atoms with Gasteiger partial charge in [0.15, 0.2) is 0 Å². The summed E-state index contributed by atoms with van der Waals surface area (Å²) in [4.78, 5) is 120. The average Bonchev–Trinajstić information content (AvgIpc) is 1.29. The fourth-order valence-electron chi connectivity index (χ4n) is 17.2. The van der Waals surface area contributed by atoms with Crippen molar-refractivity contribution in [2.75, 3.05) is 81.4 Å². The van der Waals surface area contributed by atoms with E-state index in [0.717, 1.165) is 147 Å². The Kier molecular flexibility index (Phi) is 24.8. The van der Waals surface area contributed by atoms with E-state index in [0.29, 0.717) is 44.7 Å². The van der Waals surface area contributed by atoms with Gasteiger partial charge in [0.2, 0.25) is 5.91 Å². The quantitative estimate of drug-likeness (QED) is 0.0508. The number of nitrogens with zero attached hydrogens (tertiary/aromatic N) is 4. The molecular formula is C106H95N11O8. The summed E-state index contributed by atoms with van der Waals surface area (Å²) in [6.45, 7) is 9.32. The second-order valence-corrected chi connectivity index (χ2v) is 32.1. The molecule has 7 N–H and O–H groups in total. The molecule has 19 heteroatoms. The smallest absolute Gasteiger partial charge is 0.255 e. The van der Waals surface area contributed by atoms with Crippen LogP contribution in [0.2, 0.25) is 0 Å². The summed E-state index contributed by atoms with van der Waals surface area (Å²) in [5.41, 5.74) is 19.5. The van der Waals surface area contributed by atoms with E-state index in [-0.39, 0.29) is 45.9 Å². The van der Waals surface area contributed by atoms with E-state index in [9.17, 15) is 38.4 Å². The molecule has 0 spiro atoms. The van der Waals surface area contributed by atoms with Crippen molar-refractivity contribution < 1.29 is 19.2 Å².